The van der Waals surface area contributed by atoms with Gasteiger partial charge in [0, 0.05) is 51.0 Å². The largest absolute Gasteiger partial charge is 0.539 e. The number of fused-ring (bicyclic) bond motifs is 2. The summed E-state index contributed by atoms with van der Waals surface area (Å²) in [4.78, 5) is 0. The van der Waals surface area contributed by atoms with Crippen molar-refractivity contribution in [3.63, 3.8) is 0 Å². The van der Waals surface area contributed by atoms with Crippen molar-refractivity contribution in [2.24, 2.45) is 0 Å². The number of benzene rings is 4. The van der Waals surface area contributed by atoms with Crippen molar-refractivity contribution < 1.29 is 36.0 Å². The average Bonchev–Trinajstić information content (AvgIpc) is 3.05. The van der Waals surface area contributed by atoms with Crippen molar-refractivity contribution in [1.29, 1.82) is 0 Å². The summed E-state index contributed by atoms with van der Waals surface area (Å²) >= 11 is 0. The minimum absolute atomic E-state index is 0.160. The molecule has 10 heteroatoms. The Morgan fingerprint density at radius 1 is 0.465 bits per heavy atom. The van der Waals surface area contributed by atoms with Crippen LogP contribution in [0.3, 0.4) is 0 Å². The van der Waals surface area contributed by atoms with Gasteiger partial charge >= 0.3 is 17.6 Å². The van der Waals surface area contributed by atoms with E-state index in [0.717, 1.165) is 31.9 Å². The molecule has 0 radical (unpaired) electrons. The highest BCUT2D eigenvalue weighted by molar-refractivity contribution is 6.78. The summed E-state index contributed by atoms with van der Waals surface area (Å²) in [6.45, 7) is 11.4. The van der Waals surface area contributed by atoms with E-state index >= 15 is 0 Å². The second-order valence-electron chi connectivity index (χ2n) is 9.24. The first kappa shape index (κ1) is 35.0. The molecule has 0 spiro atoms. The molecule has 0 aliphatic carbocycles. The third kappa shape index (κ3) is 9.02. The average molecular weight is 627 g/mol. The lowest BCUT2D eigenvalue weighted by atomic mass is 10.1. The van der Waals surface area contributed by atoms with Crippen LogP contribution in [0, 0.1) is 0 Å². The standard InChI is InChI=1S/C18H26O4Si.C15H20O4Si/c1-4-19-14-15-22-23(20-5-2,21-6-3)18-13-9-11-16-10-7-8-12-17(16)18;1-4-18-12-19-20(16-2,17-3)15-11-7-9-13-8-5-6-10-14(13)15/h7-13H,4-6,14-15H2,1-3H3;5-11H,4,12H2,1-3H3. The smallest absolute Gasteiger partial charge is 0.379 e. The molecule has 0 aliphatic rings. The van der Waals surface area contributed by atoms with E-state index in [1.54, 1.807) is 14.2 Å². The fourth-order valence-electron chi connectivity index (χ4n) is 4.80. The molecule has 0 atom stereocenters. The molecule has 0 aliphatic heterocycles. The topological polar surface area (TPSA) is 73.8 Å². The predicted octanol–water partition coefficient (Wildman–Crippen LogP) is 5.40. The Balaban J connectivity index is 0.000000238. The molecule has 0 amide bonds. The lowest BCUT2D eigenvalue weighted by Crippen LogP contribution is -2.57. The molecule has 8 nitrogen and oxygen atoms in total. The molecule has 234 valence electrons. The summed E-state index contributed by atoms with van der Waals surface area (Å²) in [6.07, 6.45) is 0. The molecule has 0 fully saturated rings. The van der Waals surface area contributed by atoms with Crippen LogP contribution in [-0.4, -0.2) is 78.3 Å². The van der Waals surface area contributed by atoms with E-state index in [2.05, 4.69) is 42.5 Å². The normalized spacial score (nSPS) is 12.0. The maximum Gasteiger partial charge on any atom is 0.539 e. The van der Waals surface area contributed by atoms with Crippen LogP contribution in [0.1, 0.15) is 27.7 Å². The Kier molecular flexibility index (Phi) is 14.9. The molecule has 0 heterocycles. The first-order chi connectivity index (χ1) is 21.0. The van der Waals surface area contributed by atoms with Gasteiger partial charge in [-0.2, -0.15) is 0 Å². The van der Waals surface area contributed by atoms with Gasteiger partial charge in [-0.25, -0.2) is 0 Å². The maximum absolute atomic E-state index is 6.18. The van der Waals surface area contributed by atoms with Gasteiger partial charge in [0.15, 0.2) is 0 Å². The van der Waals surface area contributed by atoms with E-state index in [1.807, 2.05) is 70.2 Å². The summed E-state index contributed by atoms with van der Waals surface area (Å²) < 4.78 is 46.1. The summed E-state index contributed by atoms with van der Waals surface area (Å²) in [5.74, 6) is 0. The molecular weight excluding hydrogens is 581 g/mol. The monoisotopic (exact) mass is 626 g/mol. The Labute approximate surface area is 258 Å². The predicted molar refractivity (Wildman–Crippen MR) is 176 cm³/mol. The maximum atomic E-state index is 6.18. The molecule has 4 rings (SSSR count). The molecule has 4 aromatic rings. The van der Waals surface area contributed by atoms with Crippen LogP contribution in [0.2, 0.25) is 0 Å². The highest BCUT2D eigenvalue weighted by Gasteiger charge is 2.45. The fourth-order valence-corrected chi connectivity index (χ4v) is 9.58. The van der Waals surface area contributed by atoms with Gasteiger partial charge in [-0.05, 0) is 49.2 Å². The second kappa shape index (κ2) is 18.4. The number of hydrogen-bond acceptors (Lipinski definition) is 8. The Bertz CT molecular complexity index is 1350. The van der Waals surface area contributed by atoms with Gasteiger partial charge in [0.2, 0.25) is 0 Å². The number of ether oxygens (including phenoxy) is 2. The quantitative estimate of drug-likeness (QED) is 0.0877. The number of rotatable bonds is 17. The van der Waals surface area contributed by atoms with Crippen LogP contribution in [0.25, 0.3) is 21.5 Å². The molecule has 0 bridgehead atoms. The van der Waals surface area contributed by atoms with Crippen LogP contribution in [0.4, 0.5) is 0 Å². The van der Waals surface area contributed by atoms with Crippen LogP contribution in [0.15, 0.2) is 84.9 Å². The first-order valence-electron chi connectivity index (χ1n) is 14.8. The second-order valence-corrected chi connectivity index (χ2v) is 14.5. The van der Waals surface area contributed by atoms with Gasteiger partial charge < -0.3 is 36.0 Å². The summed E-state index contributed by atoms with van der Waals surface area (Å²) in [7, 11) is -2.68. The van der Waals surface area contributed by atoms with Gasteiger partial charge in [0.25, 0.3) is 0 Å². The third-order valence-corrected chi connectivity index (χ3v) is 12.4. The van der Waals surface area contributed by atoms with E-state index in [9.17, 15) is 0 Å². The molecule has 0 saturated carbocycles. The molecule has 0 N–H and O–H groups in total. The highest BCUT2D eigenvalue weighted by atomic mass is 28.4. The minimum atomic E-state index is -2.97. The van der Waals surface area contributed by atoms with E-state index in [1.165, 1.54) is 0 Å². The highest BCUT2D eigenvalue weighted by Crippen LogP contribution is 2.20. The van der Waals surface area contributed by atoms with Crippen molar-refractivity contribution >= 4 is 49.5 Å². The van der Waals surface area contributed by atoms with Crippen molar-refractivity contribution in [2.45, 2.75) is 27.7 Å². The first-order valence-corrected chi connectivity index (χ1v) is 18.3. The van der Waals surface area contributed by atoms with Gasteiger partial charge in [0.05, 0.1) is 13.2 Å². The molecular formula is C33H46O8Si2. The Hall–Kier alpha value is -2.49. The van der Waals surface area contributed by atoms with Crippen LogP contribution < -0.4 is 10.4 Å². The molecule has 0 saturated heterocycles. The molecule has 0 unspecified atom stereocenters. The van der Waals surface area contributed by atoms with Crippen LogP contribution >= 0.6 is 0 Å². The third-order valence-electron chi connectivity index (χ3n) is 6.71. The van der Waals surface area contributed by atoms with E-state index in [4.69, 9.17) is 36.0 Å². The van der Waals surface area contributed by atoms with Crippen molar-refractivity contribution in [3.8, 4) is 0 Å². The minimum Gasteiger partial charge on any atom is -0.379 e. The zero-order chi connectivity index (χ0) is 31.0. The SMILES string of the molecule is CCOCCO[Si](OCC)(OCC)c1cccc2ccccc12.CCOCO[Si](OC)(OC)c1cccc2ccccc12. The van der Waals surface area contributed by atoms with Crippen molar-refractivity contribution in [3.05, 3.63) is 84.9 Å². The Morgan fingerprint density at radius 2 is 0.953 bits per heavy atom. The fraction of sp³-hybridized carbons (Fsp3) is 0.394. The van der Waals surface area contributed by atoms with Crippen LogP contribution in [0.5, 0.6) is 0 Å². The van der Waals surface area contributed by atoms with Gasteiger partial charge in [0.1, 0.15) is 6.79 Å². The zero-order valence-electron chi connectivity index (χ0n) is 26.3. The van der Waals surface area contributed by atoms with E-state index < -0.39 is 17.6 Å². The van der Waals surface area contributed by atoms with E-state index in [0.29, 0.717) is 39.6 Å². The molecule has 43 heavy (non-hydrogen) atoms. The zero-order valence-corrected chi connectivity index (χ0v) is 28.3. The van der Waals surface area contributed by atoms with Gasteiger partial charge in [-0.3, -0.25) is 0 Å². The van der Waals surface area contributed by atoms with Crippen molar-refractivity contribution in [1.82, 2.24) is 0 Å². The van der Waals surface area contributed by atoms with Crippen LogP contribution in [-0.2, 0) is 36.0 Å². The Morgan fingerprint density at radius 3 is 1.44 bits per heavy atom. The molecule has 0 aromatic heterocycles. The summed E-state index contributed by atoms with van der Waals surface area (Å²) in [6, 6.07) is 28.6. The lowest BCUT2D eigenvalue weighted by molar-refractivity contribution is -0.0222. The molecule has 4 aromatic carbocycles. The number of hydrogen-bond donors (Lipinski definition) is 0. The summed E-state index contributed by atoms with van der Waals surface area (Å²) in [5.41, 5.74) is 0. The summed E-state index contributed by atoms with van der Waals surface area (Å²) in [5, 5.41) is 6.49. The lowest BCUT2D eigenvalue weighted by Gasteiger charge is -2.30. The van der Waals surface area contributed by atoms with Crippen molar-refractivity contribution in [2.75, 3.05) is 60.7 Å². The van der Waals surface area contributed by atoms with Gasteiger partial charge in [-0.15, -0.1) is 0 Å². The van der Waals surface area contributed by atoms with E-state index in [-0.39, 0.29) is 6.79 Å². The van der Waals surface area contributed by atoms with Gasteiger partial charge in [-0.1, -0.05) is 84.9 Å².